The molecule has 0 saturated carbocycles. The summed E-state index contributed by atoms with van der Waals surface area (Å²) < 4.78 is 6.15. The van der Waals surface area contributed by atoms with Gasteiger partial charge in [-0.2, -0.15) is 0 Å². The molecule has 0 unspecified atom stereocenters. The van der Waals surface area contributed by atoms with Crippen LogP contribution in [-0.2, 0) is 17.6 Å². The van der Waals surface area contributed by atoms with Crippen LogP contribution in [0.4, 0.5) is 0 Å². The van der Waals surface area contributed by atoms with Crippen LogP contribution in [0.3, 0.4) is 0 Å². The highest BCUT2D eigenvalue weighted by Crippen LogP contribution is 2.37. The molecule has 0 spiro atoms. The Kier molecular flexibility index (Phi) is 4.53. The lowest BCUT2D eigenvalue weighted by Gasteiger charge is -2.36. The normalized spacial score (nSPS) is 12.8. The van der Waals surface area contributed by atoms with Gasteiger partial charge in [-0.25, -0.2) is 0 Å². The van der Waals surface area contributed by atoms with Crippen molar-refractivity contribution in [3.8, 4) is 0 Å². The van der Waals surface area contributed by atoms with E-state index in [-0.39, 0.29) is 11.6 Å². The van der Waals surface area contributed by atoms with Crippen LogP contribution in [0, 0.1) is 0 Å². The Hall–Kier alpha value is -0.643. The Bertz CT molecular complexity index is 367. The van der Waals surface area contributed by atoms with Crippen molar-refractivity contribution in [1.29, 1.82) is 0 Å². The van der Waals surface area contributed by atoms with E-state index in [9.17, 15) is 5.11 Å². The number of aliphatic hydroxyl groups excluding tert-OH is 1. The van der Waals surface area contributed by atoms with E-state index in [0.717, 1.165) is 11.1 Å². The summed E-state index contributed by atoms with van der Waals surface area (Å²) in [7, 11) is -1.71. The molecule has 1 rings (SSSR count). The summed E-state index contributed by atoms with van der Waals surface area (Å²) in [5, 5.41) is 9.49. The number of rotatable bonds is 4. The molecule has 3 heteroatoms. The minimum absolute atomic E-state index is 0.0804. The predicted molar refractivity (Wildman–Crippen MR) is 74.4 cm³/mol. The first-order valence-corrected chi connectivity index (χ1v) is 9.00. The van der Waals surface area contributed by atoms with Gasteiger partial charge in [0, 0.05) is 0 Å². The van der Waals surface area contributed by atoms with E-state index < -0.39 is 8.32 Å². The van der Waals surface area contributed by atoms with Gasteiger partial charge in [-0.15, -0.1) is 0 Å². The molecule has 0 atom stereocenters. The van der Waals surface area contributed by atoms with Crippen LogP contribution in [0.1, 0.15) is 31.9 Å². The van der Waals surface area contributed by atoms with Crippen molar-refractivity contribution in [2.24, 2.45) is 0 Å². The Morgan fingerprint density at radius 3 is 2.12 bits per heavy atom. The summed E-state index contributed by atoms with van der Waals surface area (Å²) in [6.45, 7) is 11.9. The van der Waals surface area contributed by atoms with Gasteiger partial charge in [-0.1, -0.05) is 45.0 Å². The molecule has 0 aliphatic heterocycles. The zero-order valence-corrected chi connectivity index (χ0v) is 12.6. The van der Waals surface area contributed by atoms with Crippen molar-refractivity contribution in [2.45, 2.75) is 52.1 Å². The molecular formula is C14H24O2Si. The Balaban J connectivity index is 2.74. The van der Waals surface area contributed by atoms with E-state index in [0.29, 0.717) is 6.61 Å². The number of aliphatic hydroxyl groups is 1. The van der Waals surface area contributed by atoms with E-state index >= 15 is 0 Å². The molecule has 2 nitrogen and oxygen atoms in total. The standard InChI is InChI=1S/C14H24O2Si/c1-14(2,3)17(4,5)16-11-13-9-7-6-8-12(13)10-15/h6-9,15H,10-11H2,1-5H3. The fourth-order valence-corrected chi connectivity index (χ4v) is 2.28. The van der Waals surface area contributed by atoms with E-state index in [4.69, 9.17) is 4.43 Å². The van der Waals surface area contributed by atoms with Crippen LogP contribution in [-0.4, -0.2) is 13.4 Å². The molecule has 0 aromatic heterocycles. The number of benzene rings is 1. The maximum absolute atomic E-state index is 9.26. The molecular weight excluding hydrogens is 228 g/mol. The fraction of sp³-hybridized carbons (Fsp3) is 0.571. The third kappa shape index (κ3) is 3.66. The monoisotopic (exact) mass is 252 g/mol. The van der Waals surface area contributed by atoms with Crippen molar-refractivity contribution in [3.63, 3.8) is 0 Å². The van der Waals surface area contributed by atoms with Crippen molar-refractivity contribution < 1.29 is 9.53 Å². The molecule has 0 heterocycles. The minimum atomic E-state index is -1.71. The van der Waals surface area contributed by atoms with E-state index in [1.54, 1.807) is 0 Å². The second-order valence-electron chi connectivity index (χ2n) is 5.98. The lowest BCUT2D eigenvalue weighted by atomic mass is 10.1. The highest BCUT2D eigenvalue weighted by Gasteiger charge is 2.37. The smallest absolute Gasteiger partial charge is 0.192 e. The Labute approximate surface area is 106 Å². The molecule has 0 radical (unpaired) electrons. The molecule has 0 aliphatic carbocycles. The van der Waals surface area contributed by atoms with Gasteiger partial charge >= 0.3 is 0 Å². The molecule has 1 N–H and O–H groups in total. The van der Waals surface area contributed by atoms with Gasteiger partial charge in [-0.3, -0.25) is 0 Å². The second-order valence-corrected chi connectivity index (χ2v) is 10.8. The first-order valence-electron chi connectivity index (χ1n) is 6.09. The Morgan fingerprint density at radius 1 is 1.12 bits per heavy atom. The average molecular weight is 252 g/mol. The molecule has 0 fully saturated rings. The molecule has 1 aromatic rings. The zero-order chi connectivity index (χ0) is 13.1. The van der Waals surface area contributed by atoms with Crippen molar-refractivity contribution in [3.05, 3.63) is 35.4 Å². The van der Waals surface area contributed by atoms with Gasteiger partial charge in [0.15, 0.2) is 8.32 Å². The third-order valence-corrected chi connectivity index (χ3v) is 8.16. The molecule has 0 aliphatic rings. The zero-order valence-electron chi connectivity index (χ0n) is 11.6. The third-order valence-electron chi connectivity index (χ3n) is 3.68. The lowest BCUT2D eigenvalue weighted by Crippen LogP contribution is -2.40. The molecule has 0 bridgehead atoms. The average Bonchev–Trinajstić information content (AvgIpc) is 2.25. The molecule has 17 heavy (non-hydrogen) atoms. The van der Waals surface area contributed by atoms with Gasteiger partial charge in [0.2, 0.25) is 0 Å². The summed E-state index contributed by atoms with van der Waals surface area (Å²) in [6, 6.07) is 7.91. The van der Waals surface area contributed by atoms with Gasteiger partial charge < -0.3 is 9.53 Å². The molecule has 0 saturated heterocycles. The number of hydrogen-bond donors (Lipinski definition) is 1. The molecule has 1 aromatic carbocycles. The van der Waals surface area contributed by atoms with Crippen molar-refractivity contribution >= 4 is 8.32 Å². The van der Waals surface area contributed by atoms with Crippen LogP contribution >= 0.6 is 0 Å². The fourth-order valence-electron chi connectivity index (χ4n) is 1.33. The highest BCUT2D eigenvalue weighted by molar-refractivity contribution is 6.74. The summed E-state index contributed by atoms with van der Waals surface area (Å²) in [5.41, 5.74) is 2.06. The van der Waals surface area contributed by atoms with Crippen molar-refractivity contribution in [2.75, 3.05) is 0 Å². The SMILES string of the molecule is CC(C)(C)[Si](C)(C)OCc1ccccc1CO. The number of hydrogen-bond acceptors (Lipinski definition) is 2. The van der Waals surface area contributed by atoms with E-state index in [1.165, 1.54) is 0 Å². The minimum Gasteiger partial charge on any atom is -0.413 e. The summed E-state index contributed by atoms with van der Waals surface area (Å²) in [5.74, 6) is 0. The first-order chi connectivity index (χ1) is 7.78. The Morgan fingerprint density at radius 2 is 1.65 bits per heavy atom. The van der Waals surface area contributed by atoms with Gasteiger partial charge in [0.25, 0.3) is 0 Å². The molecule has 0 amide bonds. The van der Waals surface area contributed by atoms with Crippen molar-refractivity contribution in [1.82, 2.24) is 0 Å². The predicted octanol–water partition coefficient (Wildman–Crippen LogP) is 3.70. The first kappa shape index (κ1) is 14.4. The molecule has 96 valence electrons. The summed E-state index contributed by atoms with van der Waals surface area (Å²) >= 11 is 0. The highest BCUT2D eigenvalue weighted by atomic mass is 28.4. The van der Waals surface area contributed by atoms with Crippen LogP contribution in [0.2, 0.25) is 18.1 Å². The van der Waals surface area contributed by atoms with E-state index in [1.807, 2.05) is 24.3 Å². The summed E-state index contributed by atoms with van der Waals surface area (Å²) in [4.78, 5) is 0. The van der Waals surface area contributed by atoms with Crippen LogP contribution < -0.4 is 0 Å². The van der Waals surface area contributed by atoms with Crippen LogP contribution in [0.25, 0.3) is 0 Å². The van der Waals surface area contributed by atoms with Gasteiger partial charge in [0.05, 0.1) is 13.2 Å². The lowest BCUT2D eigenvalue weighted by molar-refractivity contribution is 0.258. The van der Waals surface area contributed by atoms with Gasteiger partial charge in [-0.05, 0) is 29.3 Å². The quantitative estimate of drug-likeness (QED) is 0.828. The maximum Gasteiger partial charge on any atom is 0.192 e. The maximum atomic E-state index is 9.26. The second kappa shape index (κ2) is 5.34. The topological polar surface area (TPSA) is 29.5 Å². The van der Waals surface area contributed by atoms with Crippen LogP contribution in [0.5, 0.6) is 0 Å². The van der Waals surface area contributed by atoms with Crippen LogP contribution in [0.15, 0.2) is 24.3 Å². The van der Waals surface area contributed by atoms with E-state index in [2.05, 4.69) is 33.9 Å². The largest absolute Gasteiger partial charge is 0.413 e. The summed E-state index contributed by atoms with van der Waals surface area (Å²) in [6.07, 6.45) is 0. The van der Waals surface area contributed by atoms with Gasteiger partial charge in [0.1, 0.15) is 0 Å².